The molecule has 0 aliphatic rings. The predicted molar refractivity (Wildman–Crippen MR) is 204 cm³/mol. The second kappa shape index (κ2) is 17.1. The van der Waals surface area contributed by atoms with Gasteiger partial charge in [0.2, 0.25) is 5.91 Å². The van der Waals surface area contributed by atoms with Crippen LogP contribution < -0.4 is 20.7 Å². The summed E-state index contributed by atoms with van der Waals surface area (Å²) in [6, 6.07) is 36.6. The first-order valence-corrected chi connectivity index (χ1v) is 17.8. The third-order valence-corrected chi connectivity index (χ3v) is 9.45. The molecule has 9 nitrogen and oxygen atoms in total. The number of ether oxygens (including phenoxy) is 1. The molecule has 6 rings (SSSR count). The Morgan fingerprint density at radius 3 is 2.25 bits per heavy atom. The van der Waals surface area contributed by atoms with Crippen LogP contribution in [0.5, 0.6) is 5.75 Å². The lowest BCUT2D eigenvalue weighted by Crippen LogP contribution is -2.30. The Hall–Kier alpha value is -6.04. The number of carbonyl (C=O) groups is 3. The van der Waals surface area contributed by atoms with Crippen LogP contribution in [0, 0.1) is 0 Å². The monoisotopic (exact) mass is 711 g/mol. The van der Waals surface area contributed by atoms with Crippen LogP contribution >= 0.6 is 23.1 Å². The number of thioether (sulfide) groups is 1. The van der Waals surface area contributed by atoms with Crippen molar-refractivity contribution in [3.8, 4) is 17.0 Å². The van der Waals surface area contributed by atoms with Gasteiger partial charge in [-0.3, -0.25) is 19.4 Å². The van der Waals surface area contributed by atoms with Crippen molar-refractivity contribution in [1.29, 1.82) is 0 Å². The molecule has 6 aromatic rings. The minimum Gasteiger partial charge on any atom is -0.494 e. The normalized spacial score (nSPS) is 11.7. The average molecular weight is 712 g/mol. The molecule has 0 saturated heterocycles. The van der Waals surface area contributed by atoms with E-state index < -0.39 is 17.1 Å². The molecule has 0 fully saturated rings. The first kappa shape index (κ1) is 34.8. The molecular formula is C40H33N5O4S2. The first-order chi connectivity index (χ1) is 24.9. The molecule has 2 aromatic heterocycles. The molecule has 0 aliphatic heterocycles. The summed E-state index contributed by atoms with van der Waals surface area (Å²) in [4.78, 5) is 49.7. The van der Waals surface area contributed by atoms with E-state index in [0.717, 1.165) is 27.5 Å². The summed E-state index contributed by atoms with van der Waals surface area (Å²) in [5.74, 6) is -0.338. The molecule has 4 aromatic carbocycles. The maximum Gasteiger partial charge on any atom is 0.272 e. The quantitative estimate of drug-likeness (QED) is 0.0812. The summed E-state index contributed by atoms with van der Waals surface area (Å²) in [6.07, 6.45) is 4.80. The van der Waals surface area contributed by atoms with Gasteiger partial charge in [-0.05, 0) is 90.9 Å². The van der Waals surface area contributed by atoms with E-state index in [1.807, 2.05) is 85.1 Å². The van der Waals surface area contributed by atoms with Crippen LogP contribution in [0.1, 0.15) is 33.7 Å². The van der Waals surface area contributed by atoms with Gasteiger partial charge in [-0.1, -0.05) is 54.6 Å². The number of carbonyl (C=O) groups excluding carboxylic acids is 3. The molecule has 11 heteroatoms. The Morgan fingerprint density at radius 2 is 1.57 bits per heavy atom. The van der Waals surface area contributed by atoms with Crippen molar-refractivity contribution in [1.82, 2.24) is 15.3 Å². The number of amides is 3. The molecule has 0 spiro atoms. The van der Waals surface area contributed by atoms with Crippen LogP contribution in [0.4, 0.5) is 10.8 Å². The summed E-state index contributed by atoms with van der Waals surface area (Å²) >= 11 is 2.74. The van der Waals surface area contributed by atoms with Crippen LogP contribution in [-0.4, -0.2) is 34.3 Å². The molecule has 3 N–H and O–H groups in total. The molecule has 3 amide bonds. The van der Waals surface area contributed by atoms with Gasteiger partial charge in [0.25, 0.3) is 11.8 Å². The van der Waals surface area contributed by atoms with Gasteiger partial charge >= 0.3 is 0 Å². The van der Waals surface area contributed by atoms with E-state index in [9.17, 15) is 14.4 Å². The van der Waals surface area contributed by atoms with Crippen molar-refractivity contribution < 1.29 is 19.1 Å². The van der Waals surface area contributed by atoms with Crippen LogP contribution in [-0.2, 0) is 9.59 Å². The molecule has 0 saturated carbocycles. The van der Waals surface area contributed by atoms with Crippen molar-refractivity contribution in [2.45, 2.75) is 17.1 Å². The van der Waals surface area contributed by atoms with Crippen molar-refractivity contribution in [2.75, 3.05) is 17.2 Å². The molecule has 0 radical (unpaired) electrons. The first-order valence-electron chi connectivity index (χ1n) is 16.1. The van der Waals surface area contributed by atoms with Crippen LogP contribution in [0.15, 0.2) is 150 Å². The Morgan fingerprint density at radius 1 is 0.843 bits per heavy atom. The van der Waals surface area contributed by atoms with Crippen molar-refractivity contribution >= 4 is 57.7 Å². The molecule has 1 atom stereocenters. The zero-order valence-corrected chi connectivity index (χ0v) is 29.1. The highest BCUT2D eigenvalue weighted by Crippen LogP contribution is 2.37. The highest BCUT2D eigenvalue weighted by molar-refractivity contribution is 8.00. The number of benzene rings is 4. The molecule has 254 valence electrons. The zero-order chi connectivity index (χ0) is 35.4. The highest BCUT2D eigenvalue weighted by atomic mass is 32.2. The Bertz CT molecular complexity index is 2110. The number of nitrogens with one attached hydrogen (secondary N) is 3. The SMILES string of the molecule is CCOc1ccc(-c2csc(NC(=O)C(Sc3ccc(NC(=O)/C(=C/c4cccnc4)NC(=O)c4ccccc4)cc3)c3ccccc3)n2)cc1. The van der Waals surface area contributed by atoms with Gasteiger partial charge in [0.05, 0.1) is 12.3 Å². The number of aromatic nitrogens is 2. The summed E-state index contributed by atoms with van der Waals surface area (Å²) in [6.45, 7) is 2.53. The summed E-state index contributed by atoms with van der Waals surface area (Å²) in [5.41, 5.74) is 4.17. The number of pyridine rings is 1. The molecule has 1 unspecified atom stereocenters. The minimum atomic E-state index is -0.577. The number of rotatable bonds is 13. The van der Waals surface area contributed by atoms with Gasteiger partial charge in [0, 0.05) is 39.5 Å². The second-order valence-corrected chi connectivity index (χ2v) is 13.1. The summed E-state index contributed by atoms with van der Waals surface area (Å²) < 4.78 is 5.54. The van der Waals surface area contributed by atoms with Gasteiger partial charge < -0.3 is 20.7 Å². The largest absolute Gasteiger partial charge is 0.494 e. The maximum atomic E-state index is 13.7. The minimum absolute atomic E-state index is 0.0592. The number of hydrogen-bond acceptors (Lipinski definition) is 8. The smallest absolute Gasteiger partial charge is 0.272 e. The van der Waals surface area contributed by atoms with Crippen molar-refractivity contribution in [2.24, 2.45) is 0 Å². The maximum absolute atomic E-state index is 13.7. The van der Waals surface area contributed by atoms with Gasteiger partial charge in [-0.2, -0.15) is 0 Å². The summed E-state index contributed by atoms with van der Waals surface area (Å²) in [5, 5.41) is 10.4. The predicted octanol–water partition coefficient (Wildman–Crippen LogP) is 8.49. The fraction of sp³-hybridized carbons (Fsp3) is 0.0750. The van der Waals surface area contributed by atoms with Gasteiger partial charge in [0.1, 0.15) is 16.7 Å². The van der Waals surface area contributed by atoms with Gasteiger partial charge in [0.15, 0.2) is 5.13 Å². The molecule has 0 bridgehead atoms. The van der Waals surface area contributed by atoms with E-state index in [1.165, 1.54) is 23.1 Å². The topological polar surface area (TPSA) is 122 Å². The Kier molecular flexibility index (Phi) is 11.6. The lowest BCUT2D eigenvalue weighted by atomic mass is 10.1. The third-order valence-electron chi connectivity index (χ3n) is 7.43. The fourth-order valence-electron chi connectivity index (χ4n) is 4.95. The average Bonchev–Trinajstić information content (AvgIpc) is 3.64. The van der Waals surface area contributed by atoms with Crippen LogP contribution in [0.2, 0.25) is 0 Å². The molecule has 0 aliphatic carbocycles. The number of anilines is 2. The van der Waals surface area contributed by atoms with E-state index in [-0.39, 0.29) is 11.6 Å². The number of thiazole rings is 1. The molecule has 51 heavy (non-hydrogen) atoms. The van der Waals surface area contributed by atoms with E-state index in [2.05, 4.69) is 25.9 Å². The third kappa shape index (κ3) is 9.56. The Labute approximate surface area is 303 Å². The Balaban J connectivity index is 1.15. The fourth-order valence-corrected chi connectivity index (χ4v) is 6.69. The van der Waals surface area contributed by atoms with Crippen LogP contribution in [0.3, 0.4) is 0 Å². The van der Waals surface area contributed by atoms with Crippen LogP contribution in [0.25, 0.3) is 17.3 Å². The number of nitrogens with zero attached hydrogens (tertiary/aromatic N) is 2. The lowest BCUT2D eigenvalue weighted by molar-refractivity contribution is -0.116. The van der Waals surface area contributed by atoms with Gasteiger partial charge in [-0.15, -0.1) is 23.1 Å². The summed E-state index contributed by atoms with van der Waals surface area (Å²) in [7, 11) is 0. The van der Waals surface area contributed by atoms with E-state index in [4.69, 9.17) is 4.74 Å². The standard InChI is InChI=1S/C40H33N5O4S2/c1-2-49-32-19-15-28(16-20-32)35-26-50-40(44-35)45-39(48)36(29-11-5-3-6-12-29)51-33-21-17-31(18-22-33)42-38(47)34(24-27-10-9-23-41-25-27)43-37(46)30-13-7-4-8-14-30/h3-26,36H,2H2,1H3,(H,42,47)(H,43,46)(H,44,45,48)/b34-24-. The number of hydrogen-bond donors (Lipinski definition) is 3. The van der Waals surface area contributed by atoms with E-state index in [1.54, 1.807) is 67.0 Å². The van der Waals surface area contributed by atoms with E-state index in [0.29, 0.717) is 28.6 Å². The van der Waals surface area contributed by atoms with Crippen molar-refractivity contribution in [3.05, 3.63) is 161 Å². The molecular weight excluding hydrogens is 679 g/mol. The van der Waals surface area contributed by atoms with E-state index >= 15 is 0 Å². The van der Waals surface area contributed by atoms with Gasteiger partial charge in [-0.25, -0.2) is 4.98 Å². The van der Waals surface area contributed by atoms with Crippen molar-refractivity contribution in [3.63, 3.8) is 0 Å². The highest BCUT2D eigenvalue weighted by Gasteiger charge is 2.24. The lowest BCUT2D eigenvalue weighted by Gasteiger charge is -2.17. The zero-order valence-electron chi connectivity index (χ0n) is 27.5. The molecule has 2 heterocycles. The second-order valence-electron chi connectivity index (χ2n) is 11.0.